The van der Waals surface area contributed by atoms with Crippen LogP contribution in [-0.4, -0.2) is 35.3 Å². The highest BCUT2D eigenvalue weighted by Gasteiger charge is 2.21. The third kappa shape index (κ3) is 7.35. The highest BCUT2D eigenvalue weighted by molar-refractivity contribution is 5.86. The molecule has 0 saturated carbocycles. The van der Waals surface area contributed by atoms with Crippen LogP contribution in [0.3, 0.4) is 0 Å². The molecule has 0 heterocycles. The van der Waals surface area contributed by atoms with Crippen LogP contribution in [0.4, 0.5) is 15.3 Å². The molecule has 1 aromatic carbocycles. The number of benzene rings is 1. The van der Waals surface area contributed by atoms with E-state index < -0.39 is 23.4 Å². The van der Waals surface area contributed by atoms with Gasteiger partial charge in [-0.3, -0.25) is 5.32 Å². The molecule has 0 radical (unpaired) electrons. The molecule has 0 fully saturated rings. The molecule has 0 unspecified atom stereocenters. The molecule has 1 aromatic rings. The fourth-order valence-electron chi connectivity index (χ4n) is 1.85. The summed E-state index contributed by atoms with van der Waals surface area (Å²) in [6, 6.07) is 7.26. The Balaban J connectivity index is 2.79. The van der Waals surface area contributed by atoms with Crippen molar-refractivity contribution in [3.05, 3.63) is 29.8 Å². The standard InChI is InChI=1S/C18H28N2O4/c1-17(2,3)23-15(21)19-14-11-9-8-10-13(14)12-20(7)16(22)24-18(4,5)6/h8-11H,12H2,1-7H3,(H,19,21). The number of nitrogens with zero attached hydrogens (tertiary/aromatic N) is 1. The number of ether oxygens (including phenoxy) is 2. The SMILES string of the molecule is CN(Cc1ccccc1NC(=O)OC(C)(C)C)C(=O)OC(C)(C)C. The van der Waals surface area contributed by atoms with Crippen molar-refractivity contribution >= 4 is 17.9 Å². The van der Waals surface area contributed by atoms with Gasteiger partial charge in [0, 0.05) is 12.7 Å². The van der Waals surface area contributed by atoms with Crippen molar-refractivity contribution < 1.29 is 19.1 Å². The Morgan fingerprint density at radius 1 is 1.00 bits per heavy atom. The van der Waals surface area contributed by atoms with E-state index in [1.807, 2.05) is 39.0 Å². The van der Waals surface area contributed by atoms with E-state index in [4.69, 9.17) is 9.47 Å². The molecule has 2 amide bonds. The first-order valence-corrected chi connectivity index (χ1v) is 7.89. The first-order chi connectivity index (χ1) is 10.9. The van der Waals surface area contributed by atoms with Crippen molar-refractivity contribution in [2.24, 2.45) is 0 Å². The second-order valence-corrected chi connectivity index (χ2v) is 7.62. The highest BCUT2D eigenvalue weighted by atomic mass is 16.6. The number of hydrogen-bond acceptors (Lipinski definition) is 4. The smallest absolute Gasteiger partial charge is 0.412 e. The van der Waals surface area contributed by atoms with E-state index in [2.05, 4.69) is 5.32 Å². The van der Waals surface area contributed by atoms with Crippen LogP contribution in [0, 0.1) is 0 Å². The summed E-state index contributed by atoms with van der Waals surface area (Å²) in [4.78, 5) is 25.5. The van der Waals surface area contributed by atoms with Crippen molar-refractivity contribution in [2.45, 2.75) is 59.3 Å². The molecule has 0 spiro atoms. The van der Waals surface area contributed by atoms with Crippen molar-refractivity contribution in [1.29, 1.82) is 0 Å². The van der Waals surface area contributed by atoms with Crippen LogP contribution in [0.25, 0.3) is 0 Å². The number of para-hydroxylation sites is 1. The monoisotopic (exact) mass is 336 g/mol. The van der Waals surface area contributed by atoms with Gasteiger partial charge in [-0.2, -0.15) is 0 Å². The van der Waals surface area contributed by atoms with Crippen molar-refractivity contribution in [1.82, 2.24) is 4.90 Å². The molecule has 1 N–H and O–H groups in total. The normalized spacial score (nSPS) is 11.6. The van der Waals surface area contributed by atoms with Crippen LogP contribution >= 0.6 is 0 Å². The number of carbonyl (C=O) groups excluding carboxylic acids is 2. The average Bonchev–Trinajstić information content (AvgIpc) is 2.36. The molecule has 0 saturated heterocycles. The van der Waals surface area contributed by atoms with E-state index in [1.54, 1.807) is 33.9 Å². The van der Waals surface area contributed by atoms with Crippen molar-refractivity contribution in [3.63, 3.8) is 0 Å². The molecule has 0 aliphatic carbocycles. The number of nitrogens with one attached hydrogen (secondary N) is 1. The minimum atomic E-state index is -0.577. The van der Waals surface area contributed by atoms with Crippen molar-refractivity contribution in [2.75, 3.05) is 12.4 Å². The predicted octanol–water partition coefficient (Wildman–Crippen LogP) is 4.40. The first-order valence-electron chi connectivity index (χ1n) is 7.89. The Morgan fingerprint density at radius 3 is 2.08 bits per heavy atom. The zero-order chi connectivity index (χ0) is 18.5. The Morgan fingerprint density at radius 2 is 1.54 bits per heavy atom. The quantitative estimate of drug-likeness (QED) is 0.888. The fourth-order valence-corrected chi connectivity index (χ4v) is 1.85. The van der Waals surface area contributed by atoms with Crippen LogP contribution in [0.5, 0.6) is 0 Å². The van der Waals surface area contributed by atoms with Crippen LogP contribution in [0.2, 0.25) is 0 Å². The van der Waals surface area contributed by atoms with Gasteiger partial charge in [-0.1, -0.05) is 18.2 Å². The second kappa shape index (κ2) is 7.55. The topological polar surface area (TPSA) is 67.9 Å². The number of carbonyl (C=O) groups is 2. The Bertz CT molecular complexity index is 585. The number of rotatable bonds is 3. The molecule has 0 aliphatic heterocycles. The summed E-state index contributed by atoms with van der Waals surface area (Å²) >= 11 is 0. The molecule has 0 atom stereocenters. The molecule has 24 heavy (non-hydrogen) atoms. The van der Waals surface area contributed by atoms with Gasteiger partial charge in [0.05, 0.1) is 6.54 Å². The van der Waals surface area contributed by atoms with Gasteiger partial charge in [0.25, 0.3) is 0 Å². The van der Waals surface area contributed by atoms with E-state index in [1.165, 1.54) is 4.90 Å². The van der Waals surface area contributed by atoms with Gasteiger partial charge in [-0.15, -0.1) is 0 Å². The van der Waals surface area contributed by atoms with Gasteiger partial charge in [0.1, 0.15) is 11.2 Å². The summed E-state index contributed by atoms with van der Waals surface area (Å²) in [5, 5.41) is 2.72. The molecule has 1 rings (SSSR count). The summed E-state index contributed by atoms with van der Waals surface area (Å²) < 4.78 is 10.6. The van der Waals surface area contributed by atoms with E-state index in [9.17, 15) is 9.59 Å². The number of hydrogen-bond donors (Lipinski definition) is 1. The lowest BCUT2D eigenvalue weighted by atomic mass is 10.1. The van der Waals surface area contributed by atoms with Crippen LogP contribution in [-0.2, 0) is 16.0 Å². The summed E-state index contributed by atoms with van der Waals surface area (Å²) in [6.45, 7) is 11.2. The Hall–Kier alpha value is -2.24. The van der Waals surface area contributed by atoms with E-state index in [0.717, 1.165) is 5.56 Å². The predicted molar refractivity (Wildman–Crippen MR) is 94.0 cm³/mol. The summed E-state index contributed by atoms with van der Waals surface area (Å²) in [5.41, 5.74) is 0.255. The Kier molecular flexibility index (Phi) is 6.23. The maximum Gasteiger partial charge on any atom is 0.412 e. The largest absolute Gasteiger partial charge is 0.444 e. The summed E-state index contributed by atoms with van der Waals surface area (Å²) in [5.74, 6) is 0. The fraction of sp³-hybridized carbons (Fsp3) is 0.556. The maximum absolute atomic E-state index is 12.1. The average molecular weight is 336 g/mol. The minimum Gasteiger partial charge on any atom is -0.444 e. The first kappa shape index (κ1) is 19.8. The van der Waals surface area contributed by atoms with Gasteiger partial charge in [-0.25, -0.2) is 9.59 Å². The molecule has 134 valence electrons. The molecule has 0 aliphatic rings. The molecule has 0 aromatic heterocycles. The lowest BCUT2D eigenvalue weighted by Crippen LogP contribution is -2.34. The second-order valence-electron chi connectivity index (χ2n) is 7.62. The molecule has 6 nitrogen and oxygen atoms in total. The van der Waals surface area contributed by atoms with Gasteiger partial charge in [0.15, 0.2) is 0 Å². The van der Waals surface area contributed by atoms with Gasteiger partial charge >= 0.3 is 12.2 Å². The molecular weight excluding hydrogens is 308 g/mol. The van der Waals surface area contributed by atoms with Gasteiger partial charge in [-0.05, 0) is 53.2 Å². The zero-order valence-electron chi connectivity index (χ0n) is 15.6. The third-order valence-electron chi connectivity index (χ3n) is 2.77. The maximum atomic E-state index is 12.1. The minimum absolute atomic E-state index is 0.306. The number of amides is 2. The van der Waals surface area contributed by atoms with Gasteiger partial charge in [0.2, 0.25) is 0 Å². The lowest BCUT2D eigenvalue weighted by molar-refractivity contribution is 0.0285. The zero-order valence-corrected chi connectivity index (χ0v) is 15.6. The summed E-state index contributed by atoms with van der Waals surface area (Å²) in [6.07, 6.45) is -0.954. The molecule has 6 heteroatoms. The van der Waals surface area contributed by atoms with E-state index >= 15 is 0 Å². The molecule has 0 bridgehead atoms. The Labute approximate surface area is 144 Å². The lowest BCUT2D eigenvalue weighted by Gasteiger charge is -2.25. The van der Waals surface area contributed by atoms with E-state index in [0.29, 0.717) is 12.2 Å². The highest BCUT2D eigenvalue weighted by Crippen LogP contribution is 2.19. The molecular formula is C18H28N2O4. The van der Waals surface area contributed by atoms with Crippen molar-refractivity contribution in [3.8, 4) is 0 Å². The van der Waals surface area contributed by atoms with Crippen LogP contribution < -0.4 is 5.32 Å². The summed E-state index contributed by atoms with van der Waals surface area (Å²) in [7, 11) is 1.65. The van der Waals surface area contributed by atoms with Crippen LogP contribution in [0.15, 0.2) is 24.3 Å². The van der Waals surface area contributed by atoms with Gasteiger partial charge < -0.3 is 14.4 Å². The van der Waals surface area contributed by atoms with Crippen LogP contribution in [0.1, 0.15) is 47.1 Å². The third-order valence-corrected chi connectivity index (χ3v) is 2.77. The number of anilines is 1. The van der Waals surface area contributed by atoms with E-state index in [-0.39, 0.29) is 0 Å².